The van der Waals surface area contributed by atoms with Gasteiger partial charge in [-0.15, -0.1) is 0 Å². The Morgan fingerprint density at radius 2 is 2.00 bits per heavy atom. The second kappa shape index (κ2) is 5.04. The summed E-state index contributed by atoms with van der Waals surface area (Å²) in [7, 11) is 0. The Bertz CT molecular complexity index is 725. The molecule has 0 radical (unpaired) electrons. The largest absolute Gasteiger partial charge is 0.299 e. The van der Waals surface area contributed by atoms with Gasteiger partial charge in [0.05, 0.1) is 11.5 Å². The zero-order valence-corrected chi connectivity index (χ0v) is 13.6. The number of benzene rings is 1. The number of nitrogens with zero attached hydrogens (tertiary/aromatic N) is 2. The van der Waals surface area contributed by atoms with Crippen molar-refractivity contribution in [3.8, 4) is 6.07 Å². The first kappa shape index (κ1) is 14.7. The van der Waals surface area contributed by atoms with Gasteiger partial charge in [0.15, 0.2) is 0 Å². The summed E-state index contributed by atoms with van der Waals surface area (Å²) in [5.74, 6) is 0.221. The first-order chi connectivity index (χ1) is 11.1. The molecule has 1 heterocycles. The molecule has 3 nitrogen and oxygen atoms in total. The van der Waals surface area contributed by atoms with Crippen LogP contribution in [0.5, 0.6) is 0 Å². The first-order valence-corrected chi connectivity index (χ1v) is 8.60. The standard InChI is InChI=1S/C20H22N2O/c1-15(23)19-10-9-18(16-7-3-4-8-17(16)19)20(13-19,14-21)22-11-5-2-6-12-22/h3-4,7-10,18H,2,5-6,11-13H2,1H3/t18-,19-,20+/m0/s1. The van der Waals surface area contributed by atoms with Gasteiger partial charge >= 0.3 is 0 Å². The summed E-state index contributed by atoms with van der Waals surface area (Å²) in [5, 5.41) is 10.2. The molecule has 3 aliphatic carbocycles. The van der Waals surface area contributed by atoms with Gasteiger partial charge in [0.25, 0.3) is 0 Å². The van der Waals surface area contributed by atoms with Crippen LogP contribution in [0.3, 0.4) is 0 Å². The molecule has 118 valence electrons. The zero-order valence-electron chi connectivity index (χ0n) is 13.6. The summed E-state index contributed by atoms with van der Waals surface area (Å²) in [6.07, 6.45) is 8.34. The maximum Gasteiger partial charge on any atom is 0.144 e. The SMILES string of the molecule is CC(=O)[C@@]12C=C[C@@H](c3ccccc31)[C@@](C#N)(N1CCCCC1)C2. The van der Waals surface area contributed by atoms with E-state index in [2.05, 4.69) is 35.3 Å². The average Bonchev–Trinajstić information content (AvgIpc) is 2.62. The third-order valence-electron chi connectivity index (χ3n) is 6.15. The number of likely N-dealkylation sites (tertiary alicyclic amines) is 1. The number of carbonyl (C=O) groups is 1. The Labute approximate surface area is 137 Å². The molecule has 0 unspecified atom stereocenters. The predicted molar refractivity (Wildman–Crippen MR) is 89.1 cm³/mol. The molecular weight excluding hydrogens is 284 g/mol. The van der Waals surface area contributed by atoms with E-state index >= 15 is 0 Å². The molecule has 1 saturated heterocycles. The van der Waals surface area contributed by atoms with Gasteiger partial charge in [-0.25, -0.2) is 0 Å². The van der Waals surface area contributed by atoms with E-state index < -0.39 is 11.0 Å². The lowest BCUT2D eigenvalue weighted by Gasteiger charge is -2.55. The molecule has 0 saturated carbocycles. The number of nitriles is 1. The lowest BCUT2D eigenvalue weighted by molar-refractivity contribution is -0.123. The number of hydrogen-bond donors (Lipinski definition) is 0. The van der Waals surface area contributed by atoms with Crippen molar-refractivity contribution in [1.29, 1.82) is 5.26 Å². The van der Waals surface area contributed by atoms with Gasteiger partial charge in [-0.05, 0) is 44.0 Å². The van der Waals surface area contributed by atoms with Crippen LogP contribution in [0.25, 0.3) is 0 Å². The lowest BCUT2D eigenvalue weighted by atomic mass is 9.53. The summed E-state index contributed by atoms with van der Waals surface area (Å²) in [5.41, 5.74) is 1.08. The van der Waals surface area contributed by atoms with Crippen LogP contribution >= 0.6 is 0 Å². The van der Waals surface area contributed by atoms with Crippen molar-refractivity contribution in [1.82, 2.24) is 4.90 Å². The molecule has 1 fully saturated rings. The van der Waals surface area contributed by atoms with E-state index in [4.69, 9.17) is 0 Å². The van der Waals surface area contributed by atoms with E-state index in [-0.39, 0.29) is 11.7 Å². The number of rotatable bonds is 2. The van der Waals surface area contributed by atoms with Crippen molar-refractivity contribution in [2.24, 2.45) is 0 Å². The Kier molecular flexibility index (Phi) is 3.21. The highest BCUT2D eigenvalue weighted by Crippen LogP contribution is 2.56. The van der Waals surface area contributed by atoms with E-state index in [1.54, 1.807) is 6.92 Å². The van der Waals surface area contributed by atoms with Crippen molar-refractivity contribution >= 4 is 5.78 Å². The number of allylic oxidation sites excluding steroid dienone is 1. The van der Waals surface area contributed by atoms with Gasteiger partial charge in [-0.3, -0.25) is 9.69 Å². The van der Waals surface area contributed by atoms with E-state index in [0.29, 0.717) is 6.42 Å². The molecule has 1 aromatic rings. The molecule has 0 amide bonds. The Balaban J connectivity index is 1.91. The number of piperidine rings is 1. The van der Waals surface area contributed by atoms with Crippen molar-refractivity contribution < 1.29 is 4.79 Å². The molecule has 23 heavy (non-hydrogen) atoms. The number of Topliss-reactive ketones (excluding diaryl/α,β-unsaturated/α-hetero) is 1. The average molecular weight is 306 g/mol. The van der Waals surface area contributed by atoms with Gasteiger partial charge in [0.2, 0.25) is 0 Å². The molecule has 2 bridgehead atoms. The Hall–Kier alpha value is -1.92. The quantitative estimate of drug-likeness (QED) is 0.787. The van der Waals surface area contributed by atoms with Crippen LogP contribution in [0, 0.1) is 11.3 Å². The van der Waals surface area contributed by atoms with Crippen LogP contribution in [0.2, 0.25) is 0 Å². The molecule has 0 aromatic heterocycles. The first-order valence-electron chi connectivity index (χ1n) is 8.60. The molecular formula is C20H22N2O. The molecule has 1 aromatic carbocycles. The highest BCUT2D eigenvalue weighted by Gasteiger charge is 2.59. The maximum atomic E-state index is 12.6. The number of fused-ring (bicyclic) bond motifs is 1. The molecule has 3 heteroatoms. The summed E-state index contributed by atoms with van der Waals surface area (Å²) in [6.45, 7) is 3.60. The minimum Gasteiger partial charge on any atom is -0.299 e. The highest BCUT2D eigenvalue weighted by atomic mass is 16.1. The lowest BCUT2D eigenvalue weighted by Crippen LogP contribution is -2.62. The topological polar surface area (TPSA) is 44.1 Å². The Morgan fingerprint density at radius 1 is 1.26 bits per heavy atom. The second-order valence-corrected chi connectivity index (χ2v) is 7.21. The van der Waals surface area contributed by atoms with Crippen molar-refractivity contribution in [3.63, 3.8) is 0 Å². The Morgan fingerprint density at radius 3 is 2.70 bits per heavy atom. The fourth-order valence-corrected chi connectivity index (χ4v) is 4.95. The second-order valence-electron chi connectivity index (χ2n) is 7.21. The van der Waals surface area contributed by atoms with Gasteiger partial charge < -0.3 is 0 Å². The normalized spacial score (nSPS) is 35.6. The minimum absolute atomic E-state index is 0.0722. The molecule has 3 atom stereocenters. The van der Waals surface area contributed by atoms with Crippen LogP contribution < -0.4 is 0 Å². The van der Waals surface area contributed by atoms with Crippen LogP contribution in [-0.4, -0.2) is 29.3 Å². The van der Waals surface area contributed by atoms with E-state index in [1.165, 1.54) is 12.0 Å². The molecule has 1 aliphatic heterocycles. The molecule has 0 N–H and O–H groups in total. The van der Waals surface area contributed by atoms with E-state index in [0.717, 1.165) is 31.5 Å². The minimum atomic E-state index is -0.626. The van der Waals surface area contributed by atoms with Gasteiger partial charge in [-0.1, -0.05) is 42.8 Å². The fourth-order valence-electron chi connectivity index (χ4n) is 4.95. The van der Waals surface area contributed by atoms with Gasteiger partial charge in [-0.2, -0.15) is 5.26 Å². The number of hydrogen-bond acceptors (Lipinski definition) is 3. The van der Waals surface area contributed by atoms with Gasteiger partial charge in [0.1, 0.15) is 11.3 Å². The molecule has 0 spiro atoms. The number of carbonyl (C=O) groups excluding carboxylic acids is 1. The van der Waals surface area contributed by atoms with Crippen LogP contribution in [0.15, 0.2) is 36.4 Å². The van der Waals surface area contributed by atoms with E-state index in [1.807, 2.05) is 12.1 Å². The third kappa shape index (κ3) is 1.82. The summed E-state index contributed by atoms with van der Waals surface area (Å²) in [4.78, 5) is 15.0. The summed E-state index contributed by atoms with van der Waals surface area (Å²) >= 11 is 0. The number of ketones is 1. The maximum absolute atomic E-state index is 12.6. The van der Waals surface area contributed by atoms with Crippen molar-refractivity contribution in [2.75, 3.05) is 13.1 Å². The third-order valence-corrected chi connectivity index (χ3v) is 6.15. The monoisotopic (exact) mass is 306 g/mol. The van der Waals surface area contributed by atoms with Crippen LogP contribution in [0.4, 0.5) is 0 Å². The molecule has 5 rings (SSSR count). The van der Waals surface area contributed by atoms with Crippen LogP contribution in [0.1, 0.15) is 49.7 Å². The predicted octanol–water partition coefficient (Wildman–Crippen LogP) is 3.32. The van der Waals surface area contributed by atoms with Crippen molar-refractivity contribution in [2.45, 2.75) is 49.5 Å². The highest BCUT2D eigenvalue weighted by molar-refractivity contribution is 5.93. The van der Waals surface area contributed by atoms with Crippen LogP contribution in [-0.2, 0) is 10.2 Å². The zero-order chi connectivity index (χ0) is 16.1. The smallest absolute Gasteiger partial charge is 0.144 e. The fraction of sp³-hybridized carbons (Fsp3) is 0.500. The van der Waals surface area contributed by atoms with Crippen molar-refractivity contribution in [3.05, 3.63) is 47.5 Å². The van der Waals surface area contributed by atoms with Gasteiger partial charge in [0, 0.05) is 12.3 Å². The summed E-state index contributed by atoms with van der Waals surface area (Å²) in [6, 6.07) is 10.9. The summed E-state index contributed by atoms with van der Waals surface area (Å²) < 4.78 is 0. The van der Waals surface area contributed by atoms with E-state index in [9.17, 15) is 10.1 Å². The molecule has 4 aliphatic rings.